The van der Waals surface area contributed by atoms with E-state index in [0.717, 1.165) is 0 Å². The van der Waals surface area contributed by atoms with Crippen LogP contribution in [0.1, 0.15) is 19.3 Å². The highest BCUT2D eigenvalue weighted by Crippen LogP contribution is 2.16. The molecule has 6 nitrogen and oxygen atoms in total. The van der Waals surface area contributed by atoms with Crippen molar-refractivity contribution in [3.63, 3.8) is 0 Å². The van der Waals surface area contributed by atoms with Crippen LogP contribution in [0.3, 0.4) is 0 Å². The number of rotatable bonds is 8. The summed E-state index contributed by atoms with van der Waals surface area (Å²) in [5.74, 6) is -1.25. The van der Waals surface area contributed by atoms with Gasteiger partial charge in [-0.3, -0.25) is 4.79 Å². The third kappa shape index (κ3) is 10.8. The van der Waals surface area contributed by atoms with Crippen molar-refractivity contribution in [2.24, 2.45) is 17.4 Å². The Hall–Kier alpha value is -0.0451. The minimum atomic E-state index is -1.34. The van der Waals surface area contributed by atoms with Gasteiger partial charge in [-0.05, 0) is 31.6 Å². The molecule has 0 aliphatic carbocycles. The number of hydrogen-bond acceptors (Lipinski definition) is 5. The lowest BCUT2D eigenvalue weighted by molar-refractivity contribution is -0.140. The maximum atomic E-state index is 10.6. The first-order chi connectivity index (χ1) is 6.99. The fraction of sp³-hybridized carbons (Fsp3) is 0.875. The van der Waals surface area contributed by atoms with Crippen LogP contribution in [-0.2, 0) is 4.79 Å². The molecule has 0 spiro atoms. The summed E-state index contributed by atoms with van der Waals surface area (Å²) in [6.07, 6.45) is 1.84. The van der Waals surface area contributed by atoms with Crippen LogP contribution < -0.4 is 11.5 Å². The molecule has 0 bridgehead atoms. The first-order valence-corrected chi connectivity index (χ1v) is 5.03. The van der Waals surface area contributed by atoms with E-state index >= 15 is 0 Å². The van der Waals surface area contributed by atoms with Gasteiger partial charge in [0.2, 0.25) is 0 Å². The molecule has 7 N–H and O–H groups in total. The van der Waals surface area contributed by atoms with Gasteiger partial charge in [0.1, 0.15) is 6.04 Å². The van der Waals surface area contributed by atoms with Crippen LogP contribution in [0.25, 0.3) is 0 Å². The predicted molar refractivity (Wildman–Crippen MR) is 71.5 cm³/mol. The molecule has 17 heavy (non-hydrogen) atoms. The Labute approximate surface area is 114 Å². The molecule has 0 aromatic rings. The van der Waals surface area contributed by atoms with E-state index in [0.29, 0.717) is 25.8 Å². The third-order valence-electron chi connectivity index (χ3n) is 2.37. The van der Waals surface area contributed by atoms with Crippen molar-refractivity contribution < 1.29 is 19.9 Å². The number of carboxylic acids is 1. The molecule has 0 fully saturated rings. The van der Waals surface area contributed by atoms with Crippen molar-refractivity contribution in [1.29, 1.82) is 0 Å². The molecule has 9 heteroatoms. The molecular formula is C8H21BCl2N2O4. The van der Waals surface area contributed by atoms with E-state index in [-0.39, 0.29) is 37.1 Å². The summed E-state index contributed by atoms with van der Waals surface area (Å²) in [5.41, 5.74) is 10.8. The SMILES string of the molecule is Cl.Cl.NCC[C@@H](CCCB(O)O)[C@H](N)C(=O)O. The summed E-state index contributed by atoms with van der Waals surface area (Å²) in [7, 11) is -1.34. The van der Waals surface area contributed by atoms with Gasteiger partial charge in [0.05, 0.1) is 0 Å². The zero-order valence-electron chi connectivity index (χ0n) is 9.49. The average Bonchev–Trinajstić information content (AvgIpc) is 2.14. The highest BCUT2D eigenvalue weighted by Gasteiger charge is 2.23. The van der Waals surface area contributed by atoms with Crippen molar-refractivity contribution in [3.05, 3.63) is 0 Å². The third-order valence-corrected chi connectivity index (χ3v) is 2.37. The molecule has 0 heterocycles. The Morgan fingerprint density at radius 2 is 1.76 bits per heavy atom. The van der Waals surface area contributed by atoms with Crippen molar-refractivity contribution >= 4 is 37.9 Å². The molecule has 0 saturated carbocycles. The van der Waals surface area contributed by atoms with E-state index in [9.17, 15) is 4.79 Å². The standard InChI is InChI=1S/C8H19BN2O4.2ClH/c10-5-3-6(7(11)8(12)13)2-1-4-9(14)15;;/h6-7,14-15H,1-5,10-11H2,(H,12,13);2*1H/t6-,7+;;/m1../s1. The monoisotopic (exact) mass is 290 g/mol. The largest absolute Gasteiger partial charge is 0.480 e. The van der Waals surface area contributed by atoms with E-state index < -0.39 is 19.1 Å². The van der Waals surface area contributed by atoms with Gasteiger partial charge in [-0.2, -0.15) is 0 Å². The highest BCUT2D eigenvalue weighted by molar-refractivity contribution is 6.40. The zero-order chi connectivity index (χ0) is 11.8. The first kappa shape index (κ1) is 22.2. The highest BCUT2D eigenvalue weighted by atomic mass is 35.5. The molecule has 0 radical (unpaired) electrons. The lowest BCUT2D eigenvalue weighted by Gasteiger charge is -2.19. The Morgan fingerprint density at radius 3 is 2.12 bits per heavy atom. The van der Waals surface area contributed by atoms with E-state index in [1.54, 1.807) is 0 Å². The Balaban J connectivity index is -0.000000980. The van der Waals surface area contributed by atoms with Crippen LogP contribution in [0.4, 0.5) is 0 Å². The fourth-order valence-corrected chi connectivity index (χ4v) is 1.48. The molecule has 0 unspecified atom stereocenters. The van der Waals surface area contributed by atoms with Crippen molar-refractivity contribution in [1.82, 2.24) is 0 Å². The molecule has 2 atom stereocenters. The van der Waals surface area contributed by atoms with Gasteiger partial charge in [0.15, 0.2) is 0 Å². The fourth-order valence-electron chi connectivity index (χ4n) is 1.48. The molecule has 104 valence electrons. The van der Waals surface area contributed by atoms with Gasteiger partial charge >= 0.3 is 13.1 Å². The molecule has 0 rings (SSSR count). The van der Waals surface area contributed by atoms with Gasteiger partial charge in [0, 0.05) is 0 Å². The summed E-state index contributed by atoms with van der Waals surface area (Å²) < 4.78 is 0. The van der Waals surface area contributed by atoms with Gasteiger partial charge in [0.25, 0.3) is 0 Å². The lowest BCUT2D eigenvalue weighted by Crippen LogP contribution is -2.39. The van der Waals surface area contributed by atoms with Crippen LogP contribution in [0, 0.1) is 5.92 Å². The summed E-state index contributed by atoms with van der Waals surface area (Å²) in [5, 5.41) is 26.0. The topological polar surface area (TPSA) is 130 Å². The van der Waals surface area contributed by atoms with Gasteiger partial charge in [-0.1, -0.05) is 6.42 Å². The summed E-state index contributed by atoms with van der Waals surface area (Å²) in [6, 6.07) is -0.926. The second kappa shape index (κ2) is 12.4. The molecule has 0 aliphatic heterocycles. The normalized spacial score (nSPS) is 12.9. The van der Waals surface area contributed by atoms with Gasteiger partial charge < -0.3 is 26.6 Å². The van der Waals surface area contributed by atoms with E-state index in [1.165, 1.54) is 0 Å². The van der Waals surface area contributed by atoms with Crippen LogP contribution in [-0.4, -0.2) is 40.8 Å². The van der Waals surface area contributed by atoms with Crippen LogP contribution in [0.5, 0.6) is 0 Å². The van der Waals surface area contributed by atoms with Crippen LogP contribution in [0.2, 0.25) is 6.32 Å². The number of carboxylic acid groups (broad SMARTS) is 1. The van der Waals surface area contributed by atoms with E-state index in [4.69, 9.17) is 26.6 Å². The molecule has 0 aliphatic rings. The van der Waals surface area contributed by atoms with E-state index in [2.05, 4.69) is 0 Å². The Kier molecular flexibility index (Phi) is 16.2. The van der Waals surface area contributed by atoms with Gasteiger partial charge in [-0.25, -0.2) is 0 Å². The number of aliphatic carboxylic acids is 1. The molecule has 0 aromatic carbocycles. The summed E-state index contributed by atoms with van der Waals surface area (Å²) >= 11 is 0. The molecular weight excluding hydrogens is 270 g/mol. The number of carbonyl (C=O) groups is 1. The van der Waals surface area contributed by atoms with Gasteiger partial charge in [-0.15, -0.1) is 24.8 Å². The maximum absolute atomic E-state index is 10.6. The van der Waals surface area contributed by atoms with E-state index in [1.807, 2.05) is 0 Å². The lowest BCUT2D eigenvalue weighted by atomic mass is 9.80. The average molecular weight is 291 g/mol. The zero-order valence-corrected chi connectivity index (χ0v) is 11.1. The molecule has 0 aromatic heterocycles. The second-order valence-electron chi connectivity index (χ2n) is 3.61. The summed E-state index contributed by atoms with van der Waals surface area (Å²) in [6.45, 7) is 0.382. The number of nitrogens with two attached hydrogens (primary N) is 2. The molecule has 0 saturated heterocycles. The van der Waals surface area contributed by atoms with Crippen molar-refractivity contribution in [2.75, 3.05) is 6.54 Å². The Morgan fingerprint density at radius 1 is 1.24 bits per heavy atom. The minimum absolute atomic E-state index is 0. The van der Waals surface area contributed by atoms with Crippen molar-refractivity contribution in [2.45, 2.75) is 31.6 Å². The number of hydrogen-bond donors (Lipinski definition) is 5. The van der Waals surface area contributed by atoms with Crippen LogP contribution in [0.15, 0.2) is 0 Å². The molecule has 0 amide bonds. The first-order valence-electron chi connectivity index (χ1n) is 5.03. The quantitative estimate of drug-likeness (QED) is 0.382. The minimum Gasteiger partial charge on any atom is -0.480 e. The second-order valence-corrected chi connectivity index (χ2v) is 3.61. The van der Waals surface area contributed by atoms with Crippen LogP contribution >= 0.6 is 24.8 Å². The number of halogens is 2. The Bertz CT molecular complexity index is 200. The predicted octanol–water partition coefficient (Wildman–Crippen LogP) is -0.540. The smallest absolute Gasteiger partial charge is 0.451 e. The summed E-state index contributed by atoms with van der Waals surface area (Å²) in [4.78, 5) is 10.6. The maximum Gasteiger partial charge on any atom is 0.451 e. The van der Waals surface area contributed by atoms with Crippen molar-refractivity contribution in [3.8, 4) is 0 Å².